The van der Waals surface area contributed by atoms with Crippen molar-refractivity contribution in [2.24, 2.45) is 0 Å². The molecule has 142 valence electrons. The summed E-state index contributed by atoms with van der Waals surface area (Å²) in [5.41, 5.74) is 0.847. The standard InChI is InChI=1S/C18H17Cl2N3O3S/c1-2-26-14-7-9-15(10-8-14)27(24,25)22-18-17(20)12-23(21-18)11-13-5-3-4-6-16(13)19/h3-10,12H,2,11H2,1H3,(H,21,22). The largest absolute Gasteiger partial charge is 0.494 e. The van der Waals surface area contributed by atoms with Crippen molar-refractivity contribution < 1.29 is 13.2 Å². The van der Waals surface area contributed by atoms with E-state index in [1.165, 1.54) is 16.8 Å². The third-order valence-corrected chi connectivity index (χ3v) is 5.68. The summed E-state index contributed by atoms with van der Waals surface area (Å²) >= 11 is 12.3. The van der Waals surface area contributed by atoms with Gasteiger partial charge in [-0.3, -0.25) is 9.40 Å². The fourth-order valence-corrected chi connectivity index (χ4v) is 3.88. The first-order valence-corrected chi connectivity index (χ1v) is 10.3. The highest BCUT2D eigenvalue weighted by atomic mass is 35.5. The van der Waals surface area contributed by atoms with Gasteiger partial charge in [-0.2, -0.15) is 5.10 Å². The Hall–Kier alpha value is -2.22. The van der Waals surface area contributed by atoms with Crippen LogP contribution in [0.3, 0.4) is 0 Å². The van der Waals surface area contributed by atoms with E-state index in [0.717, 1.165) is 5.56 Å². The van der Waals surface area contributed by atoms with Gasteiger partial charge in [-0.25, -0.2) is 8.42 Å². The lowest BCUT2D eigenvalue weighted by atomic mass is 10.2. The van der Waals surface area contributed by atoms with Crippen molar-refractivity contribution in [3.63, 3.8) is 0 Å². The normalized spacial score (nSPS) is 11.4. The van der Waals surface area contributed by atoms with E-state index >= 15 is 0 Å². The topological polar surface area (TPSA) is 73.2 Å². The number of halogens is 2. The van der Waals surface area contributed by atoms with Crippen LogP contribution in [0.15, 0.2) is 59.6 Å². The Kier molecular flexibility index (Phi) is 5.94. The molecule has 1 N–H and O–H groups in total. The van der Waals surface area contributed by atoms with Gasteiger partial charge in [0.25, 0.3) is 10.0 Å². The number of hydrogen-bond acceptors (Lipinski definition) is 4. The lowest BCUT2D eigenvalue weighted by Gasteiger charge is -2.08. The van der Waals surface area contributed by atoms with Crippen LogP contribution in [0.5, 0.6) is 5.75 Å². The van der Waals surface area contributed by atoms with Crippen molar-refractivity contribution in [2.45, 2.75) is 18.4 Å². The molecule has 0 spiro atoms. The predicted molar refractivity (Wildman–Crippen MR) is 106 cm³/mol. The van der Waals surface area contributed by atoms with Crippen LogP contribution in [0.25, 0.3) is 0 Å². The van der Waals surface area contributed by atoms with Crippen molar-refractivity contribution in [1.29, 1.82) is 0 Å². The van der Waals surface area contributed by atoms with Crippen LogP contribution in [0.2, 0.25) is 10.0 Å². The molecule has 1 aromatic heterocycles. The highest BCUT2D eigenvalue weighted by Gasteiger charge is 2.18. The molecule has 3 rings (SSSR count). The maximum Gasteiger partial charge on any atom is 0.263 e. The second kappa shape index (κ2) is 8.21. The lowest BCUT2D eigenvalue weighted by molar-refractivity contribution is 0.340. The zero-order valence-electron chi connectivity index (χ0n) is 14.4. The summed E-state index contributed by atoms with van der Waals surface area (Å²) in [7, 11) is -3.83. The minimum Gasteiger partial charge on any atom is -0.494 e. The minimum absolute atomic E-state index is 0.0533. The van der Waals surface area contributed by atoms with Crippen LogP contribution in [0, 0.1) is 0 Å². The van der Waals surface area contributed by atoms with E-state index in [2.05, 4.69) is 9.82 Å². The molecule has 0 radical (unpaired) electrons. The highest BCUT2D eigenvalue weighted by molar-refractivity contribution is 7.92. The predicted octanol–water partition coefficient (Wildman–Crippen LogP) is 4.44. The number of sulfonamides is 1. The van der Waals surface area contributed by atoms with Gasteiger partial charge in [-0.1, -0.05) is 41.4 Å². The summed E-state index contributed by atoms with van der Waals surface area (Å²) in [5.74, 6) is 0.649. The van der Waals surface area contributed by atoms with Crippen molar-refractivity contribution >= 4 is 39.0 Å². The van der Waals surface area contributed by atoms with Crippen molar-refractivity contribution in [3.8, 4) is 5.75 Å². The molecule has 9 heteroatoms. The van der Waals surface area contributed by atoms with Gasteiger partial charge in [-0.15, -0.1) is 0 Å². The summed E-state index contributed by atoms with van der Waals surface area (Å²) < 4.78 is 34.4. The van der Waals surface area contributed by atoms with Gasteiger partial charge in [0.15, 0.2) is 5.82 Å². The summed E-state index contributed by atoms with van der Waals surface area (Å²) in [6, 6.07) is 13.4. The number of ether oxygens (including phenoxy) is 1. The van der Waals surface area contributed by atoms with E-state index in [-0.39, 0.29) is 15.7 Å². The summed E-state index contributed by atoms with van der Waals surface area (Å²) in [4.78, 5) is 0.0858. The fourth-order valence-electron chi connectivity index (χ4n) is 2.42. The molecule has 27 heavy (non-hydrogen) atoms. The molecular weight excluding hydrogens is 409 g/mol. The highest BCUT2D eigenvalue weighted by Crippen LogP contribution is 2.25. The Labute approximate surface area is 167 Å². The van der Waals surface area contributed by atoms with E-state index in [1.807, 2.05) is 25.1 Å². The van der Waals surface area contributed by atoms with Crippen LogP contribution < -0.4 is 9.46 Å². The van der Waals surface area contributed by atoms with Gasteiger partial charge in [0.1, 0.15) is 10.8 Å². The van der Waals surface area contributed by atoms with E-state index < -0.39 is 10.0 Å². The summed E-state index contributed by atoms with van der Waals surface area (Å²) in [6.45, 7) is 2.72. The van der Waals surface area contributed by atoms with Crippen LogP contribution in [-0.4, -0.2) is 24.8 Å². The number of nitrogens with one attached hydrogen (secondary N) is 1. The molecule has 0 bridgehead atoms. The van der Waals surface area contributed by atoms with Crippen LogP contribution in [0.1, 0.15) is 12.5 Å². The third-order valence-electron chi connectivity index (χ3n) is 3.68. The average molecular weight is 426 g/mol. The molecule has 6 nitrogen and oxygen atoms in total. The molecule has 2 aromatic carbocycles. The molecular formula is C18H17Cl2N3O3S. The average Bonchev–Trinajstić information content (AvgIpc) is 2.96. The second-order valence-electron chi connectivity index (χ2n) is 5.62. The fraction of sp³-hybridized carbons (Fsp3) is 0.167. The summed E-state index contributed by atoms with van der Waals surface area (Å²) in [5, 5.41) is 5.00. The molecule has 1 heterocycles. The summed E-state index contributed by atoms with van der Waals surface area (Å²) in [6.07, 6.45) is 1.54. The van der Waals surface area contributed by atoms with Crippen LogP contribution in [-0.2, 0) is 16.6 Å². The first-order valence-electron chi connectivity index (χ1n) is 8.11. The van der Waals surface area contributed by atoms with E-state index in [1.54, 1.807) is 24.4 Å². The molecule has 3 aromatic rings. The van der Waals surface area contributed by atoms with Crippen molar-refractivity contribution in [1.82, 2.24) is 9.78 Å². The first-order chi connectivity index (χ1) is 12.9. The maximum atomic E-state index is 12.6. The maximum absolute atomic E-state index is 12.6. The zero-order chi connectivity index (χ0) is 19.4. The molecule has 0 fully saturated rings. The van der Waals surface area contributed by atoms with Crippen molar-refractivity contribution in [3.05, 3.63) is 70.3 Å². The zero-order valence-corrected chi connectivity index (χ0v) is 16.7. The Bertz CT molecular complexity index is 1030. The third kappa shape index (κ3) is 4.74. The number of hydrogen-bond donors (Lipinski definition) is 1. The molecule has 0 saturated heterocycles. The molecule has 0 unspecified atom stereocenters. The lowest BCUT2D eigenvalue weighted by Crippen LogP contribution is -2.14. The molecule has 0 aliphatic rings. The van der Waals surface area contributed by atoms with Crippen LogP contribution in [0.4, 0.5) is 5.82 Å². The Morgan fingerprint density at radius 1 is 1.07 bits per heavy atom. The Morgan fingerprint density at radius 3 is 2.44 bits per heavy atom. The van der Waals surface area contributed by atoms with Crippen molar-refractivity contribution in [2.75, 3.05) is 11.3 Å². The smallest absolute Gasteiger partial charge is 0.263 e. The number of benzene rings is 2. The molecule has 0 saturated carbocycles. The van der Waals surface area contributed by atoms with Gasteiger partial charge < -0.3 is 4.74 Å². The van der Waals surface area contributed by atoms with Gasteiger partial charge in [0.05, 0.1) is 18.0 Å². The van der Waals surface area contributed by atoms with Gasteiger partial charge in [0.2, 0.25) is 0 Å². The molecule has 0 aliphatic carbocycles. The number of rotatable bonds is 7. The van der Waals surface area contributed by atoms with E-state index in [0.29, 0.717) is 23.9 Å². The quantitative estimate of drug-likeness (QED) is 0.607. The van der Waals surface area contributed by atoms with Gasteiger partial charge in [0, 0.05) is 11.2 Å². The minimum atomic E-state index is -3.83. The SMILES string of the molecule is CCOc1ccc(S(=O)(=O)Nc2nn(Cc3ccccc3Cl)cc2Cl)cc1. The Balaban J connectivity index is 1.78. The number of anilines is 1. The molecule has 0 atom stereocenters. The monoisotopic (exact) mass is 425 g/mol. The number of nitrogens with zero attached hydrogens (tertiary/aromatic N) is 2. The Morgan fingerprint density at radius 2 is 1.78 bits per heavy atom. The first kappa shape index (κ1) is 19.5. The number of aromatic nitrogens is 2. The molecule has 0 amide bonds. The van der Waals surface area contributed by atoms with Crippen LogP contribution >= 0.6 is 23.2 Å². The van der Waals surface area contributed by atoms with Gasteiger partial charge in [-0.05, 0) is 42.8 Å². The van der Waals surface area contributed by atoms with E-state index in [4.69, 9.17) is 27.9 Å². The molecule has 0 aliphatic heterocycles. The second-order valence-corrected chi connectivity index (χ2v) is 8.12. The van der Waals surface area contributed by atoms with E-state index in [9.17, 15) is 8.42 Å². The van der Waals surface area contributed by atoms with Gasteiger partial charge >= 0.3 is 0 Å².